The van der Waals surface area contributed by atoms with Crippen molar-refractivity contribution in [2.24, 2.45) is 0 Å². The molecule has 4 nitrogen and oxygen atoms in total. The van der Waals surface area contributed by atoms with E-state index in [4.69, 9.17) is 5.11 Å². The highest BCUT2D eigenvalue weighted by Crippen LogP contribution is 2.17. The predicted molar refractivity (Wildman–Crippen MR) is 77.2 cm³/mol. The van der Waals surface area contributed by atoms with Crippen LogP contribution in [0.4, 0.5) is 0 Å². The summed E-state index contributed by atoms with van der Waals surface area (Å²) in [5, 5.41) is 8.80. The lowest BCUT2D eigenvalue weighted by atomic mass is 10.2. The number of rotatable bonds is 4. The van der Waals surface area contributed by atoms with Gasteiger partial charge in [-0.25, -0.2) is 4.79 Å². The Balaban J connectivity index is 2.19. The van der Waals surface area contributed by atoms with Crippen LogP contribution in [0.2, 0.25) is 0 Å². The molecule has 1 unspecified atom stereocenters. The van der Waals surface area contributed by atoms with Crippen molar-refractivity contribution >= 4 is 16.8 Å². The normalized spacial score (nSPS) is 12.1. The van der Waals surface area contributed by atoms with Crippen molar-refractivity contribution in [2.45, 2.75) is 24.5 Å². The van der Waals surface area contributed by atoms with Gasteiger partial charge in [-0.1, -0.05) is 12.1 Å². The maximum absolute atomic E-state index is 12.4. The van der Waals surface area contributed by atoms with Gasteiger partial charge in [0.15, 0.2) is 0 Å². The number of nitrogens with zero attached hydrogens (tertiary/aromatic N) is 1. The number of benzene rings is 1. The fraction of sp³-hybridized carbons (Fsp3) is 0.200. The zero-order valence-electron chi connectivity index (χ0n) is 11.3. The van der Waals surface area contributed by atoms with E-state index < -0.39 is 16.8 Å². The van der Waals surface area contributed by atoms with Gasteiger partial charge in [-0.3, -0.25) is 9.19 Å². The lowest BCUT2D eigenvalue weighted by Gasteiger charge is -2.07. The molecule has 1 heterocycles. The smallest absolute Gasteiger partial charge is 0.337 e. The van der Waals surface area contributed by atoms with Gasteiger partial charge in [0.25, 0.3) is 0 Å². The van der Waals surface area contributed by atoms with Crippen LogP contribution in [0.15, 0.2) is 41.4 Å². The number of carboxylic acid groups (broad SMARTS) is 1. The van der Waals surface area contributed by atoms with Crippen molar-refractivity contribution in [3.63, 3.8) is 0 Å². The Labute approximate surface area is 119 Å². The fourth-order valence-electron chi connectivity index (χ4n) is 1.80. The molecule has 0 saturated heterocycles. The zero-order valence-corrected chi connectivity index (χ0v) is 12.1. The summed E-state index contributed by atoms with van der Waals surface area (Å²) in [7, 11) is -1.18. The third kappa shape index (κ3) is 3.30. The molecule has 104 valence electrons. The summed E-state index contributed by atoms with van der Waals surface area (Å²) in [6.45, 7) is 3.88. The van der Waals surface area contributed by atoms with Crippen LogP contribution in [-0.4, -0.2) is 20.3 Å². The molecule has 1 aromatic carbocycles. The fourth-order valence-corrected chi connectivity index (χ4v) is 3.14. The minimum Gasteiger partial charge on any atom is -0.478 e. The Morgan fingerprint density at radius 3 is 2.60 bits per heavy atom. The maximum Gasteiger partial charge on any atom is 0.337 e. The minimum atomic E-state index is -1.18. The highest BCUT2D eigenvalue weighted by molar-refractivity contribution is 7.84. The average Bonchev–Trinajstić information content (AvgIpc) is 2.42. The second-order valence-corrected chi connectivity index (χ2v) is 6.02. The van der Waals surface area contributed by atoms with Crippen LogP contribution in [-0.2, 0) is 16.6 Å². The number of hydrogen-bond acceptors (Lipinski definition) is 3. The lowest BCUT2D eigenvalue weighted by Crippen LogP contribution is -2.03. The average molecular weight is 289 g/mol. The summed E-state index contributed by atoms with van der Waals surface area (Å²) in [6, 6.07) is 8.92. The molecular formula is C15H15NO3S. The molecule has 20 heavy (non-hydrogen) atoms. The van der Waals surface area contributed by atoms with Gasteiger partial charge < -0.3 is 5.11 Å². The second kappa shape index (κ2) is 5.96. The SMILES string of the molecule is Cc1ccc(C)c(S(=O)Cc2ccc(C(=O)O)cn2)c1. The van der Waals surface area contributed by atoms with Crippen molar-refractivity contribution in [3.8, 4) is 0 Å². The largest absolute Gasteiger partial charge is 0.478 e. The predicted octanol–water partition coefficient (Wildman–Crippen LogP) is 2.70. The lowest BCUT2D eigenvalue weighted by molar-refractivity contribution is 0.0696. The van der Waals surface area contributed by atoms with Gasteiger partial charge >= 0.3 is 5.97 Å². The number of aryl methyl sites for hydroxylation is 2. The molecule has 0 aliphatic heterocycles. The Morgan fingerprint density at radius 1 is 1.25 bits per heavy atom. The van der Waals surface area contributed by atoms with Gasteiger partial charge in [-0.2, -0.15) is 0 Å². The Morgan fingerprint density at radius 2 is 2.00 bits per heavy atom. The third-order valence-corrected chi connectivity index (χ3v) is 4.43. The molecule has 0 saturated carbocycles. The Kier molecular flexibility index (Phi) is 4.29. The van der Waals surface area contributed by atoms with Gasteiger partial charge in [0.2, 0.25) is 0 Å². The monoisotopic (exact) mass is 289 g/mol. The molecule has 2 rings (SSSR count). The van der Waals surface area contributed by atoms with Gasteiger partial charge in [-0.05, 0) is 43.2 Å². The first-order valence-corrected chi connectivity index (χ1v) is 7.43. The first kappa shape index (κ1) is 14.4. The third-order valence-electron chi connectivity index (χ3n) is 2.94. The van der Waals surface area contributed by atoms with Gasteiger partial charge in [0, 0.05) is 11.1 Å². The van der Waals surface area contributed by atoms with E-state index >= 15 is 0 Å². The molecule has 0 aliphatic carbocycles. The highest BCUT2D eigenvalue weighted by Gasteiger charge is 2.10. The molecule has 2 aromatic rings. The zero-order chi connectivity index (χ0) is 14.7. The molecule has 5 heteroatoms. The molecular weight excluding hydrogens is 274 g/mol. The number of carbonyl (C=O) groups is 1. The molecule has 0 spiro atoms. The Hall–Kier alpha value is -2.01. The summed E-state index contributed by atoms with van der Waals surface area (Å²) in [5.74, 6) is -0.732. The van der Waals surface area contributed by atoms with E-state index in [1.807, 2.05) is 32.0 Å². The van der Waals surface area contributed by atoms with Gasteiger partial charge in [-0.15, -0.1) is 0 Å². The number of carboxylic acids is 1. The van der Waals surface area contributed by atoms with Crippen LogP contribution in [0, 0.1) is 13.8 Å². The van der Waals surface area contributed by atoms with Crippen molar-refractivity contribution in [1.82, 2.24) is 4.98 Å². The summed E-state index contributed by atoms with van der Waals surface area (Å²) >= 11 is 0. The van der Waals surface area contributed by atoms with Gasteiger partial charge in [0.05, 0.1) is 27.8 Å². The molecule has 0 amide bonds. The van der Waals surface area contributed by atoms with Crippen molar-refractivity contribution in [1.29, 1.82) is 0 Å². The highest BCUT2D eigenvalue weighted by atomic mass is 32.2. The molecule has 1 N–H and O–H groups in total. The summed E-state index contributed by atoms with van der Waals surface area (Å²) < 4.78 is 12.4. The van der Waals surface area contributed by atoms with Crippen LogP contribution in [0.3, 0.4) is 0 Å². The van der Waals surface area contributed by atoms with Crippen molar-refractivity contribution in [3.05, 3.63) is 58.9 Å². The maximum atomic E-state index is 12.4. The topological polar surface area (TPSA) is 67.3 Å². The van der Waals surface area contributed by atoms with E-state index in [1.54, 1.807) is 6.07 Å². The van der Waals surface area contributed by atoms with E-state index in [1.165, 1.54) is 12.3 Å². The minimum absolute atomic E-state index is 0.131. The van der Waals surface area contributed by atoms with E-state index in [9.17, 15) is 9.00 Å². The van der Waals surface area contributed by atoms with Crippen LogP contribution >= 0.6 is 0 Å². The number of aromatic nitrogens is 1. The molecule has 0 bridgehead atoms. The summed E-state index contributed by atoms with van der Waals surface area (Å²) in [4.78, 5) is 15.6. The number of pyridine rings is 1. The van der Waals surface area contributed by atoms with Crippen LogP contribution in [0.5, 0.6) is 0 Å². The van der Waals surface area contributed by atoms with Crippen molar-refractivity contribution in [2.75, 3.05) is 0 Å². The number of hydrogen-bond donors (Lipinski definition) is 1. The molecule has 0 aliphatic rings. The van der Waals surface area contributed by atoms with Crippen LogP contribution < -0.4 is 0 Å². The first-order chi connectivity index (χ1) is 9.47. The van der Waals surface area contributed by atoms with Crippen LogP contribution in [0.25, 0.3) is 0 Å². The molecule has 1 aromatic heterocycles. The summed E-state index contributed by atoms with van der Waals surface area (Å²) in [5.41, 5.74) is 2.80. The molecule has 1 atom stereocenters. The quantitative estimate of drug-likeness (QED) is 0.939. The first-order valence-electron chi connectivity index (χ1n) is 6.11. The standard InChI is InChI=1S/C15H15NO3S/c1-10-3-4-11(2)14(7-10)20(19)9-13-6-5-12(8-16-13)15(17)18/h3-8H,9H2,1-2H3,(H,17,18). The second-order valence-electron chi connectivity index (χ2n) is 4.60. The molecule has 0 radical (unpaired) electrons. The van der Waals surface area contributed by atoms with Crippen molar-refractivity contribution < 1.29 is 14.1 Å². The molecule has 0 fully saturated rings. The number of aromatic carboxylic acids is 1. The van der Waals surface area contributed by atoms with Crippen LogP contribution in [0.1, 0.15) is 27.2 Å². The van der Waals surface area contributed by atoms with Gasteiger partial charge in [0.1, 0.15) is 0 Å². The van der Waals surface area contributed by atoms with E-state index in [2.05, 4.69) is 4.98 Å². The Bertz CT molecular complexity index is 665. The van der Waals surface area contributed by atoms with E-state index in [0.717, 1.165) is 16.0 Å². The summed E-state index contributed by atoms with van der Waals surface area (Å²) in [6.07, 6.45) is 1.29. The van der Waals surface area contributed by atoms with E-state index in [0.29, 0.717) is 5.69 Å². The van der Waals surface area contributed by atoms with E-state index in [-0.39, 0.29) is 11.3 Å².